The molecule has 1 heterocycles. The second kappa shape index (κ2) is 6.49. The summed E-state index contributed by atoms with van der Waals surface area (Å²) in [4.78, 5) is 22.3. The number of sulfone groups is 1. The van der Waals surface area contributed by atoms with Crippen molar-refractivity contribution in [2.24, 2.45) is 0 Å². The molecule has 0 fully saturated rings. The summed E-state index contributed by atoms with van der Waals surface area (Å²) in [6.45, 7) is 1.14. The fourth-order valence-electron chi connectivity index (χ4n) is 1.38. The molecular formula is C10H12BrNO5S2. The van der Waals surface area contributed by atoms with Crippen LogP contribution in [0.1, 0.15) is 11.8 Å². The van der Waals surface area contributed by atoms with Crippen LogP contribution in [-0.4, -0.2) is 37.2 Å². The Labute approximate surface area is 122 Å². The van der Waals surface area contributed by atoms with Crippen molar-refractivity contribution in [2.75, 3.05) is 5.75 Å². The molecule has 2 N–H and O–H groups in total. The van der Waals surface area contributed by atoms with Crippen LogP contribution >= 0.6 is 27.3 Å². The van der Waals surface area contributed by atoms with Crippen LogP contribution in [-0.2, 0) is 25.2 Å². The molecule has 0 aliphatic heterocycles. The van der Waals surface area contributed by atoms with Crippen LogP contribution in [0.3, 0.4) is 0 Å². The van der Waals surface area contributed by atoms with Crippen molar-refractivity contribution in [1.29, 1.82) is 0 Å². The average molecular weight is 370 g/mol. The predicted octanol–water partition coefficient (Wildman–Crippen LogP) is 1.01. The molecule has 6 nitrogen and oxygen atoms in total. The number of rotatable bonds is 6. The Morgan fingerprint density at radius 2 is 2.11 bits per heavy atom. The lowest BCUT2D eigenvalue weighted by Crippen LogP contribution is -2.44. The molecule has 0 aromatic carbocycles. The summed E-state index contributed by atoms with van der Waals surface area (Å²) in [5, 5.41) is 11.0. The maximum Gasteiger partial charge on any atom is 0.327 e. The largest absolute Gasteiger partial charge is 0.480 e. The number of carboxylic acids is 1. The van der Waals surface area contributed by atoms with Crippen molar-refractivity contribution in [3.05, 3.63) is 20.8 Å². The van der Waals surface area contributed by atoms with E-state index in [1.165, 1.54) is 11.3 Å². The van der Waals surface area contributed by atoms with Gasteiger partial charge in [0.2, 0.25) is 5.91 Å². The highest BCUT2D eigenvalue weighted by Gasteiger charge is 2.26. The molecule has 1 aromatic heterocycles. The third-order valence-corrected chi connectivity index (χ3v) is 5.49. The summed E-state index contributed by atoms with van der Waals surface area (Å²) >= 11 is 4.49. The molecule has 1 amide bonds. The summed E-state index contributed by atoms with van der Waals surface area (Å²) < 4.78 is 24.6. The average Bonchev–Trinajstić information content (AvgIpc) is 2.60. The van der Waals surface area contributed by atoms with Gasteiger partial charge in [0, 0.05) is 11.8 Å². The topological polar surface area (TPSA) is 101 Å². The standard InChI is InChI=1S/C10H12BrNO5S2/c1-6(13)12-8(10(14)15)5-19(16,17)4-7-2-3-9(11)18-7/h2-3,8H,4-5H2,1H3,(H,12,13)(H,14,15). The van der Waals surface area contributed by atoms with Crippen LogP contribution in [0.15, 0.2) is 15.9 Å². The Kier molecular flexibility index (Phi) is 5.50. The third-order valence-electron chi connectivity index (χ3n) is 2.09. The van der Waals surface area contributed by atoms with E-state index >= 15 is 0 Å². The van der Waals surface area contributed by atoms with E-state index in [0.29, 0.717) is 4.88 Å². The van der Waals surface area contributed by atoms with Gasteiger partial charge in [-0.05, 0) is 28.1 Å². The van der Waals surface area contributed by atoms with Crippen LogP contribution in [0, 0.1) is 0 Å². The molecule has 1 unspecified atom stereocenters. The van der Waals surface area contributed by atoms with E-state index in [-0.39, 0.29) is 5.75 Å². The summed E-state index contributed by atoms with van der Waals surface area (Å²) in [7, 11) is -3.62. The summed E-state index contributed by atoms with van der Waals surface area (Å²) in [5.74, 6) is -2.82. The number of amides is 1. The minimum absolute atomic E-state index is 0.243. The van der Waals surface area contributed by atoms with E-state index in [9.17, 15) is 18.0 Å². The molecule has 1 rings (SSSR count). The molecule has 106 valence electrons. The van der Waals surface area contributed by atoms with E-state index in [1.54, 1.807) is 12.1 Å². The van der Waals surface area contributed by atoms with E-state index in [1.807, 2.05) is 0 Å². The van der Waals surface area contributed by atoms with Gasteiger partial charge in [-0.25, -0.2) is 13.2 Å². The van der Waals surface area contributed by atoms with Gasteiger partial charge < -0.3 is 10.4 Å². The normalized spacial score (nSPS) is 12.9. The van der Waals surface area contributed by atoms with Crippen molar-refractivity contribution in [3.8, 4) is 0 Å². The van der Waals surface area contributed by atoms with Crippen molar-refractivity contribution < 1.29 is 23.1 Å². The van der Waals surface area contributed by atoms with Gasteiger partial charge in [0.15, 0.2) is 9.84 Å². The van der Waals surface area contributed by atoms with Crippen LogP contribution < -0.4 is 5.32 Å². The third kappa shape index (κ3) is 5.70. The van der Waals surface area contributed by atoms with Gasteiger partial charge in [0.1, 0.15) is 6.04 Å². The molecule has 0 saturated carbocycles. The SMILES string of the molecule is CC(=O)NC(CS(=O)(=O)Cc1ccc(Br)s1)C(=O)O. The van der Waals surface area contributed by atoms with E-state index in [2.05, 4.69) is 21.2 Å². The lowest BCUT2D eigenvalue weighted by molar-refractivity contribution is -0.140. The van der Waals surface area contributed by atoms with Crippen molar-refractivity contribution in [1.82, 2.24) is 5.32 Å². The highest BCUT2D eigenvalue weighted by molar-refractivity contribution is 9.11. The molecule has 0 saturated heterocycles. The monoisotopic (exact) mass is 369 g/mol. The number of hydrogen-bond acceptors (Lipinski definition) is 5. The van der Waals surface area contributed by atoms with Gasteiger partial charge >= 0.3 is 5.97 Å². The maximum atomic E-state index is 11.9. The molecule has 9 heteroatoms. The molecule has 19 heavy (non-hydrogen) atoms. The molecule has 0 radical (unpaired) electrons. The Morgan fingerprint density at radius 1 is 1.47 bits per heavy atom. The number of aliphatic carboxylic acids is 1. The zero-order valence-corrected chi connectivity index (χ0v) is 13.1. The Balaban J connectivity index is 2.76. The number of halogens is 1. The van der Waals surface area contributed by atoms with Crippen LogP contribution in [0.5, 0.6) is 0 Å². The molecule has 1 atom stereocenters. The fraction of sp³-hybridized carbons (Fsp3) is 0.400. The summed E-state index contributed by atoms with van der Waals surface area (Å²) in [6, 6.07) is 1.95. The number of carboxylic acid groups (broad SMARTS) is 1. The highest BCUT2D eigenvalue weighted by Crippen LogP contribution is 2.24. The lowest BCUT2D eigenvalue weighted by atomic mass is 10.3. The number of nitrogens with one attached hydrogen (secondary N) is 1. The van der Waals surface area contributed by atoms with Gasteiger partial charge in [-0.3, -0.25) is 4.79 Å². The Hall–Kier alpha value is -0.930. The first-order chi connectivity index (χ1) is 8.69. The van der Waals surface area contributed by atoms with Crippen LogP contribution in [0.25, 0.3) is 0 Å². The fourth-order valence-corrected chi connectivity index (χ4v) is 4.81. The minimum Gasteiger partial charge on any atom is -0.480 e. The van der Waals surface area contributed by atoms with Gasteiger partial charge in [0.25, 0.3) is 0 Å². The zero-order chi connectivity index (χ0) is 14.6. The zero-order valence-electron chi connectivity index (χ0n) is 9.92. The second-order valence-corrected chi connectivity index (χ2v) is 8.51. The molecule has 0 spiro atoms. The van der Waals surface area contributed by atoms with E-state index < -0.39 is 33.5 Å². The molecular weight excluding hydrogens is 358 g/mol. The maximum absolute atomic E-state index is 11.9. The Morgan fingerprint density at radius 3 is 2.53 bits per heavy atom. The van der Waals surface area contributed by atoms with Gasteiger partial charge in [-0.2, -0.15) is 0 Å². The predicted molar refractivity (Wildman–Crippen MR) is 74.8 cm³/mol. The smallest absolute Gasteiger partial charge is 0.327 e. The van der Waals surface area contributed by atoms with Gasteiger partial charge in [-0.15, -0.1) is 11.3 Å². The first-order valence-electron chi connectivity index (χ1n) is 5.14. The minimum atomic E-state index is -3.62. The van der Waals surface area contributed by atoms with Crippen molar-refractivity contribution in [3.63, 3.8) is 0 Å². The summed E-state index contributed by atoms with van der Waals surface area (Å²) in [5.41, 5.74) is 0. The van der Waals surface area contributed by atoms with Crippen LogP contribution in [0.4, 0.5) is 0 Å². The molecule has 0 aliphatic rings. The number of carbonyl (C=O) groups excluding carboxylic acids is 1. The number of thiophene rings is 1. The highest BCUT2D eigenvalue weighted by atomic mass is 79.9. The first-order valence-corrected chi connectivity index (χ1v) is 8.57. The van der Waals surface area contributed by atoms with Crippen LogP contribution in [0.2, 0.25) is 0 Å². The number of hydrogen-bond donors (Lipinski definition) is 2. The second-order valence-electron chi connectivity index (χ2n) is 3.85. The Bertz CT molecular complexity index is 580. The van der Waals surface area contributed by atoms with E-state index in [4.69, 9.17) is 5.11 Å². The molecule has 0 bridgehead atoms. The van der Waals surface area contributed by atoms with Crippen molar-refractivity contribution in [2.45, 2.75) is 18.7 Å². The molecule has 1 aromatic rings. The van der Waals surface area contributed by atoms with Gasteiger partial charge in [-0.1, -0.05) is 0 Å². The van der Waals surface area contributed by atoms with Gasteiger partial charge in [0.05, 0.1) is 15.3 Å². The quantitative estimate of drug-likeness (QED) is 0.779. The lowest BCUT2D eigenvalue weighted by Gasteiger charge is -2.13. The molecule has 0 aliphatic carbocycles. The first kappa shape index (κ1) is 16.1. The number of carbonyl (C=O) groups is 2. The summed E-state index contributed by atoms with van der Waals surface area (Å²) in [6.07, 6.45) is 0. The van der Waals surface area contributed by atoms with Crippen molar-refractivity contribution >= 4 is 49.0 Å². The van der Waals surface area contributed by atoms with E-state index in [0.717, 1.165) is 10.7 Å².